The van der Waals surface area contributed by atoms with E-state index in [4.69, 9.17) is 63.0 Å². The lowest BCUT2D eigenvalue weighted by molar-refractivity contribution is -0.135. The number of alkyl halides is 1. The molecule has 5 heterocycles. The maximum atomic E-state index is 13.8. The summed E-state index contributed by atoms with van der Waals surface area (Å²) in [5.74, 6) is 3.51. The number of benzene rings is 8. The van der Waals surface area contributed by atoms with Crippen LogP contribution in [0.15, 0.2) is 209 Å². The average molecular weight is 1390 g/mol. The molecule has 2 saturated heterocycles. The van der Waals surface area contributed by atoms with Crippen LogP contribution in [0.1, 0.15) is 69.4 Å². The highest BCUT2D eigenvalue weighted by atomic mass is 35.5. The Morgan fingerprint density at radius 1 is 0.490 bits per heavy atom. The molecule has 2 fully saturated rings. The summed E-state index contributed by atoms with van der Waals surface area (Å²) in [4.78, 5) is 83.9. The molecule has 0 saturated carbocycles. The Kier molecular flexibility index (Phi) is 24.9. The molecular formula is C77H81Cl2N11O10. The standard InChI is InChI=1S/C30H31ClN4O4.C22H26N4O2.C18H17ClN2O2.C7H7NO2/c1-21(2)39-27-10-6-5-9-26(27)35-28(32-25-8-4-3-7-24(25)30(35)37)19-33-15-17-34(18-16-33)29(36)20-38-23-13-11-22(31)12-14-23;1-16(2)28-20-10-6-5-9-19(20)26-21(15-25-13-11-23-12-14-25)24-18-8-4-3-7-17(18)22(26)27;1-12(2)23-16-10-6-5-9-15(16)21-17(11-19)20-14-8-4-3-7-13(14)18(21)22;8-6-4-2-1-3-5(6)7(9)10/h3-14,21H,15-20H2,1-2H3;3-10,16,23H,11-15H2,1-2H3;3-10,12H,11H2,1-2H3;1-4H,8H2,(H,9,10). The van der Waals surface area contributed by atoms with Crippen molar-refractivity contribution in [1.82, 2.24) is 48.7 Å². The number of carboxylic acids is 1. The monoisotopic (exact) mass is 1390 g/mol. The molecule has 3 aromatic heterocycles. The van der Waals surface area contributed by atoms with Crippen molar-refractivity contribution in [2.75, 3.05) is 64.7 Å². The number of carboxylic acid groups (broad SMARTS) is 1. The summed E-state index contributed by atoms with van der Waals surface area (Å²) >= 11 is 12.0. The number of aromatic nitrogens is 6. The van der Waals surface area contributed by atoms with E-state index in [0.29, 0.717) is 123 Å². The first-order valence-corrected chi connectivity index (χ1v) is 34.0. The number of carbonyl (C=O) groups excluding carboxylic acids is 1. The van der Waals surface area contributed by atoms with Gasteiger partial charge in [0.2, 0.25) is 0 Å². The second kappa shape index (κ2) is 34.4. The Morgan fingerprint density at radius 3 is 1.26 bits per heavy atom. The summed E-state index contributed by atoms with van der Waals surface area (Å²) in [5, 5.41) is 14.2. The zero-order valence-corrected chi connectivity index (χ0v) is 58.2. The van der Waals surface area contributed by atoms with E-state index >= 15 is 0 Å². The van der Waals surface area contributed by atoms with E-state index in [0.717, 1.165) is 43.2 Å². The molecule has 1 amide bonds. The summed E-state index contributed by atoms with van der Waals surface area (Å²) < 4.78 is 28.4. The second-order valence-electron chi connectivity index (χ2n) is 24.4. The van der Waals surface area contributed by atoms with Gasteiger partial charge in [-0.1, -0.05) is 96.5 Å². The summed E-state index contributed by atoms with van der Waals surface area (Å²) in [6, 6.07) is 58.2. The van der Waals surface area contributed by atoms with Crippen molar-refractivity contribution in [2.45, 2.75) is 78.8 Å². The average Bonchev–Trinajstić information content (AvgIpc) is 0.780. The number of halogens is 2. The quantitative estimate of drug-likeness (QED) is 0.0534. The van der Waals surface area contributed by atoms with Crippen LogP contribution >= 0.6 is 23.2 Å². The Labute approximate surface area is 589 Å². The first-order chi connectivity index (χ1) is 48.3. The Morgan fingerprint density at radius 2 is 0.860 bits per heavy atom. The van der Waals surface area contributed by atoms with Crippen LogP contribution in [0.25, 0.3) is 49.8 Å². The number of fused-ring (bicyclic) bond motifs is 3. The minimum Gasteiger partial charge on any atom is -0.489 e. The van der Waals surface area contributed by atoms with Crippen LogP contribution in [-0.4, -0.2) is 138 Å². The van der Waals surface area contributed by atoms with Crippen LogP contribution < -0.4 is 46.7 Å². The molecule has 2 aliphatic rings. The van der Waals surface area contributed by atoms with Gasteiger partial charge in [0, 0.05) is 63.1 Å². The number of para-hydroxylation sites is 10. The number of hydrogen-bond acceptors (Lipinski definition) is 16. The second-order valence-corrected chi connectivity index (χ2v) is 25.1. The van der Waals surface area contributed by atoms with Crippen molar-refractivity contribution in [3.05, 3.63) is 253 Å². The number of ether oxygens (including phenoxy) is 4. The first kappa shape index (κ1) is 72.3. The van der Waals surface area contributed by atoms with Gasteiger partial charge in [0.25, 0.3) is 22.6 Å². The van der Waals surface area contributed by atoms with Crippen molar-refractivity contribution < 1.29 is 33.6 Å². The third-order valence-electron chi connectivity index (χ3n) is 16.1. The van der Waals surface area contributed by atoms with Crippen molar-refractivity contribution in [3.8, 4) is 40.1 Å². The van der Waals surface area contributed by atoms with E-state index < -0.39 is 5.97 Å². The number of carbonyl (C=O) groups is 2. The van der Waals surface area contributed by atoms with Crippen molar-refractivity contribution >= 4 is 73.5 Å². The Balaban J connectivity index is 0.000000156. The van der Waals surface area contributed by atoms with E-state index in [1.165, 1.54) is 10.6 Å². The van der Waals surface area contributed by atoms with Gasteiger partial charge in [0.05, 0.1) is 92.6 Å². The van der Waals surface area contributed by atoms with Crippen LogP contribution in [0.3, 0.4) is 0 Å². The molecule has 0 aliphatic carbocycles. The maximum absolute atomic E-state index is 13.8. The van der Waals surface area contributed by atoms with E-state index in [2.05, 4.69) is 20.1 Å². The molecule has 8 aromatic carbocycles. The zero-order chi connectivity index (χ0) is 70.8. The maximum Gasteiger partial charge on any atom is 0.337 e. The third-order valence-corrected chi connectivity index (χ3v) is 16.6. The predicted octanol–water partition coefficient (Wildman–Crippen LogP) is 12.0. The molecule has 518 valence electrons. The van der Waals surface area contributed by atoms with Gasteiger partial charge in [-0.25, -0.2) is 19.7 Å². The molecule has 13 rings (SSSR count). The molecule has 0 radical (unpaired) electrons. The van der Waals surface area contributed by atoms with Gasteiger partial charge in [-0.05, 0) is 151 Å². The fraction of sp³-hybridized carbons (Fsp3) is 0.273. The molecule has 2 aliphatic heterocycles. The minimum atomic E-state index is -0.988. The molecule has 0 bridgehead atoms. The van der Waals surface area contributed by atoms with E-state index in [9.17, 15) is 24.0 Å². The normalized spacial score (nSPS) is 13.2. The number of nitrogens with one attached hydrogen (secondary N) is 1. The summed E-state index contributed by atoms with van der Waals surface area (Å²) in [5.41, 5.74) is 9.55. The number of nitrogen functional groups attached to an aromatic ring is 1. The lowest BCUT2D eigenvalue weighted by Crippen LogP contribution is -2.50. The molecular weight excluding hydrogens is 1310 g/mol. The van der Waals surface area contributed by atoms with Crippen LogP contribution in [0, 0.1) is 0 Å². The van der Waals surface area contributed by atoms with E-state index in [-0.39, 0.29) is 58.9 Å². The SMILES string of the molecule is CC(C)Oc1ccccc1-n1c(CCl)nc2ccccc2c1=O.CC(C)Oc1ccccc1-n1c(CN2CCN(C(=O)COc3ccc(Cl)cc3)CC2)nc2ccccc2c1=O.CC(C)Oc1ccccc1-n1c(CN2CCNCC2)nc2ccccc2c1=O.Nc1ccccc1C(=O)O. The Hall–Kier alpha value is -10.4. The summed E-state index contributed by atoms with van der Waals surface area (Å²) in [6.07, 6.45) is -0.0328. The van der Waals surface area contributed by atoms with Crippen molar-refractivity contribution in [3.63, 3.8) is 0 Å². The Bertz CT molecular complexity index is 4820. The van der Waals surface area contributed by atoms with Gasteiger partial charge in [-0.15, -0.1) is 11.6 Å². The highest BCUT2D eigenvalue weighted by molar-refractivity contribution is 6.30. The number of hydrogen-bond donors (Lipinski definition) is 3. The molecule has 11 aromatic rings. The predicted molar refractivity (Wildman–Crippen MR) is 394 cm³/mol. The molecule has 4 N–H and O–H groups in total. The van der Waals surface area contributed by atoms with Crippen molar-refractivity contribution in [2.24, 2.45) is 0 Å². The largest absolute Gasteiger partial charge is 0.489 e. The van der Waals surface area contributed by atoms with E-state index in [1.54, 1.807) is 68.6 Å². The topological polar surface area (TPSA) is 244 Å². The number of amides is 1. The number of nitrogens with two attached hydrogens (primary N) is 1. The zero-order valence-electron chi connectivity index (χ0n) is 56.7. The molecule has 0 spiro atoms. The first-order valence-electron chi connectivity index (χ1n) is 33.1. The highest BCUT2D eigenvalue weighted by Gasteiger charge is 2.26. The summed E-state index contributed by atoms with van der Waals surface area (Å²) in [7, 11) is 0. The minimum absolute atomic E-state index is 0.000260. The van der Waals surface area contributed by atoms with Gasteiger partial charge < -0.3 is 40.0 Å². The van der Waals surface area contributed by atoms with Gasteiger partial charge in [0.1, 0.15) is 40.5 Å². The smallest absolute Gasteiger partial charge is 0.337 e. The fourth-order valence-corrected chi connectivity index (χ4v) is 11.8. The van der Waals surface area contributed by atoms with Crippen LogP contribution in [0.2, 0.25) is 5.02 Å². The molecule has 21 nitrogen and oxygen atoms in total. The lowest BCUT2D eigenvalue weighted by Gasteiger charge is -2.34. The fourth-order valence-electron chi connectivity index (χ4n) is 11.5. The number of aromatic carboxylic acids is 1. The molecule has 0 atom stereocenters. The number of rotatable bonds is 18. The molecule has 100 heavy (non-hydrogen) atoms. The third kappa shape index (κ3) is 18.3. The van der Waals surface area contributed by atoms with Crippen LogP contribution in [0.5, 0.6) is 23.0 Å². The summed E-state index contributed by atoms with van der Waals surface area (Å²) in [6.45, 7) is 19.0. The van der Waals surface area contributed by atoms with Crippen LogP contribution in [-0.2, 0) is 23.8 Å². The lowest BCUT2D eigenvalue weighted by atomic mass is 10.2. The van der Waals surface area contributed by atoms with Gasteiger partial charge in [0.15, 0.2) is 6.61 Å². The van der Waals surface area contributed by atoms with Crippen LogP contribution in [0.4, 0.5) is 5.69 Å². The van der Waals surface area contributed by atoms with Gasteiger partial charge >= 0.3 is 5.97 Å². The highest BCUT2D eigenvalue weighted by Crippen LogP contribution is 2.29. The van der Waals surface area contributed by atoms with Gasteiger partial charge in [-0.2, -0.15) is 0 Å². The number of anilines is 1. The molecule has 23 heteroatoms. The number of nitrogens with zero attached hydrogens (tertiary/aromatic N) is 9. The molecule has 0 unspecified atom stereocenters. The number of piperazine rings is 2. The van der Waals surface area contributed by atoms with Gasteiger partial charge in [-0.3, -0.25) is 42.7 Å². The van der Waals surface area contributed by atoms with E-state index in [1.807, 2.05) is 175 Å². The van der Waals surface area contributed by atoms with Crippen molar-refractivity contribution in [1.29, 1.82) is 0 Å².